The van der Waals surface area contributed by atoms with E-state index < -0.39 is 0 Å². The summed E-state index contributed by atoms with van der Waals surface area (Å²) < 4.78 is 1.83. The number of aromatic nitrogens is 4. The summed E-state index contributed by atoms with van der Waals surface area (Å²) in [5, 5.41) is 8.79. The summed E-state index contributed by atoms with van der Waals surface area (Å²) in [7, 11) is 0. The average molecular weight is 571 g/mol. The molecule has 218 valence electrons. The SMILES string of the molecule is C=CC(=CC=C(C)c1nc2c(cnc3cc(C)nn32)cc1-c1ccccc1)CN1CCC(C(=O)NC2C=CC=CC2)CC1. The van der Waals surface area contributed by atoms with Gasteiger partial charge in [-0.1, -0.05) is 79.4 Å². The summed E-state index contributed by atoms with van der Waals surface area (Å²) >= 11 is 0. The van der Waals surface area contributed by atoms with Crippen molar-refractivity contribution in [1.82, 2.24) is 29.8 Å². The third-order valence-electron chi connectivity index (χ3n) is 8.32. The molecule has 7 heteroatoms. The summed E-state index contributed by atoms with van der Waals surface area (Å²) in [6, 6.07) is 14.6. The van der Waals surface area contributed by atoms with Gasteiger partial charge in [-0.15, -0.1) is 0 Å². The van der Waals surface area contributed by atoms with Crippen molar-refractivity contribution < 1.29 is 4.79 Å². The van der Waals surface area contributed by atoms with Crippen LogP contribution in [0.3, 0.4) is 0 Å². The Morgan fingerprint density at radius 2 is 1.93 bits per heavy atom. The van der Waals surface area contributed by atoms with E-state index in [9.17, 15) is 4.79 Å². The molecule has 1 aliphatic carbocycles. The Bertz CT molecular complexity index is 1770. The van der Waals surface area contributed by atoms with E-state index in [0.717, 1.165) is 89.2 Å². The second-order valence-electron chi connectivity index (χ2n) is 11.5. The van der Waals surface area contributed by atoms with Crippen LogP contribution in [0.2, 0.25) is 0 Å². The first kappa shape index (κ1) is 28.5. The monoisotopic (exact) mass is 570 g/mol. The normalized spacial score (nSPS) is 18.4. The highest BCUT2D eigenvalue weighted by molar-refractivity contribution is 5.89. The van der Waals surface area contributed by atoms with Gasteiger partial charge >= 0.3 is 0 Å². The van der Waals surface area contributed by atoms with Gasteiger partial charge in [0.25, 0.3) is 0 Å². The molecule has 1 aromatic carbocycles. The van der Waals surface area contributed by atoms with Crippen molar-refractivity contribution in [2.75, 3.05) is 19.6 Å². The number of carbonyl (C=O) groups excluding carboxylic acids is 1. The predicted octanol–water partition coefficient (Wildman–Crippen LogP) is 6.48. The van der Waals surface area contributed by atoms with E-state index in [1.54, 1.807) is 0 Å². The number of rotatable bonds is 8. The highest BCUT2D eigenvalue weighted by Gasteiger charge is 2.26. The number of allylic oxidation sites excluding steroid dienone is 5. The van der Waals surface area contributed by atoms with E-state index >= 15 is 0 Å². The number of hydrogen-bond acceptors (Lipinski definition) is 5. The molecule has 1 N–H and O–H groups in total. The molecule has 1 aliphatic heterocycles. The summed E-state index contributed by atoms with van der Waals surface area (Å²) in [6.07, 6.45) is 18.9. The summed E-state index contributed by atoms with van der Waals surface area (Å²) in [5.41, 5.74) is 7.74. The van der Waals surface area contributed by atoms with Crippen LogP contribution in [0, 0.1) is 12.8 Å². The Kier molecular flexibility index (Phi) is 8.43. The zero-order valence-corrected chi connectivity index (χ0v) is 24.9. The Balaban J connectivity index is 1.20. The molecule has 1 amide bonds. The van der Waals surface area contributed by atoms with Crippen molar-refractivity contribution in [1.29, 1.82) is 0 Å². The number of amides is 1. The van der Waals surface area contributed by atoms with Gasteiger partial charge in [0.15, 0.2) is 11.3 Å². The number of likely N-dealkylation sites (tertiary alicyclic amines) is 1. The molecular formula is C36H38N6O. The Hall–Kier alpha value is -4.62. The van der Waals surface area contributed by atoms with Crippen molar-refractivity contribution in [2.45, 2.75) is 39.2 Å². The van der Waals surface area contributed by atoms with Gasteiger partial charge in [0, 0.05) is 35.7 Å². The van der Waals surface area contributed by atoms with E-state index in [-0.39, 0.29) is 17.9 Å². The van der Waals surface area contributed by atoms with Crippen molar-refractivity contribution in [2.24, 2.45) is 5.92 Å². The molecule has 4 heterocycles. The van der Waals surface area contributed by atoms with Crippen molar-refractivity contribution >= 4 is 28.2 Å². The average Bonchev–Trinajstić information content (AvgIpc) is 3.44. The lowest BCUT2D eigenvalue weighted by Gasteiger charge is -2.32. The number of fused-ring (bicyclic) bond motifs is 3. The summed E-state index contributed by atoms with van der Waals surface area (Å²) in [4.78, 5) is 25.0. The van der Waals surface area contributed by atoms with Crippen LogP contribution in [0.4, 0.5) is 0 Å². The first-order valence-electron chi connectivity index (χ1n) is 15.1. The van der Waals surface area contributed by atoms with Crippen LogP contribution < -0.4 is 5.32 Å². The van der Waals surface area contributed by atoms with Crippen LogP contribution in [0.1, 0.15) is 37.6 Å². The van der Waals surface area contributed by atoms with Crippen LogP contribution >= 0.6 is 0 Å². The fraction of sp³-hybridized carbons (Fsp3) is 0.278. The molecule has 43 heavy (non-hydrogen) atoms. The lowest BCUT2D eigenvalue weighted by molar-refractivity contribution is -0.126. The number of benzene rings is 1. The van der Waals surface area contributed by atoms with Gasteiger partial charge in [-0.2, -0.15) is 9.61 Å². The predicted molar refractivity (Wildman–Crippen MR) is 174 cm³/mol. The minimum absolute atomic E-state index is 0.0736. The fourth-order valence-corrected chi connectivity index (χ4v) is 5.89. The third-order valence-corrected chi connectivity index (χ3v) is 8.32. The number of piperidine rings is 1. The van der Waals surface area contributed by atoms with Gasteiger partial charge in [0.05, 0.1) is 17.4 Å². The lowest BCUT2D eigenvalue weighted by Crippen LogP contribution is -2.43. The molecular weight excluding hydrogens is 532 g/mol. The minimum atomic E-state index is 0.0736. The third kappa shape index (κ3) is 6.42. The molecule has 1 atom stereocenters. The zero-order chi connectivity index (χ0) is 29.8. The quantitative estimate of drug-likeness (QED) is 0.245. The Morgan fingerprint density at radius 3 is 2.67 bits per heavy atom. The minimum Gasteiger partial charge on any atom is -0.349 e. The number of nitrogens with one attached hydrogen (secondary N) is 1. The van der Waals surface area contributed by atoms with Crippen molar-refractivity contribution in [3.8, 4) is 11.1 Å². The second kappa shape index (κ2) is 12.7. The van der Waals surface area contributed by atoms with Gasteiger partial charge < -0.3 is 5.32 Å². The van der Waals surface area contributed by atoms with E-state index in [2.05, 4.69) is 76.3 Å². The molecule has 6 rings (SSSR count). The fourth-order valence-electron chi connectivity index (χ4n) is 5.89. The zero-order valence-electron chi connectivity index (χ0n) is 24.9. The number of aryl methyl sites for hydroxylation is 1. The van der Waals surface area contributed by atoms with Crippen LogP contribution in [0.15, 0.2) is 103 Å². The van der Waals surface area contributed by atoms with Gasteiger partial charge in [-0.3, -0.25) is 9.69 Å². The van der Waals surface area contributed by atoms with Crippen LogP contribution in [0.5, 0.6) is 0 Å². The first-order chi connectivity index (χ1) is 21.0. The van der Waals surface area contributed by atoms with Crippen LogP contribution in [-0.4, -0.2) is 56.1 Å². The molecule has 1 saturated heterocycles. The van der Waals surface area contributed by atoms with E-state index in [4.69, 9.17) is 4.98 Å². The second-order valence-corrected chi connectivity index (χ2v) is 11.5. The molecule has 3 aromatic heterocycles. The Labute approximate surface area is 253 Å². The maximum atomic E-state index is 12.8. The highest BCUT2D eigenvalue weighted by atomic mass is 16.1. The van der Waals surface area contributed by atoms with Crippen LogP contribution in [-0.2, 0) is 4.79 Å². The largest absolute Gasteiger partial charge is 0.349 e. The molecule has 4 aromatic rings. The molecule has 0 bridgehead atoms. The molecule has 0 radical (unpaired) electrons. The molecule has 2 aliphatic rings. The molecule has 7 nitrogen and oxygen atoms in total. The van der Waals surface area contributed by atoms with E-state index in [0.29, 0.717) is 0 Å². The van der Waals surface area contributed by atoms with Gasteiger partial charge in [-0.05, 0) is 69.0 Å². The van der Waals surface area contributed by atoms with E-state index in [1.165, 1.54) is 0 Å². The molecule has 1 unspecified atom stereocenters. The van der Waals surface area contributed by atoms with Crippen LogP contribution in [0.25, 0.3) is 33.4 Å². The number of pyridine rings is 1. The smallest absolute Gasteiger partial charge is 0.223 e. The standard InChI is InChI=1S/C36H38N6O/c1-4-27(24-41-19-17-29(18-20-41)36(43)38-31-13-9-6-10-14-31)16-15-25(2)34-32(28-11-7-5-8-12-28)22-30-23-37-33-21-26(3)40-42(33)35(30)39-34/h4-13,15-16,21-23,29,31H,1,14,17-20,24H2,2-3H3,(H,38,43). The summed E-state index contributed by atoms with van der Waals surface area (Å²) in [6.45, 7) is 10.8. The first-order valence-corrected chi connectivity index (χ1v) is 15.1. The van der Waals surface area contributed by atoms with E-state index in [1.807, 2.05) is 60.1 Å². The topological polar surface area (TPSA) is 75.4 Å². The molecule has 0 spiro atoms. The maximum absolute atomic E-state index is 12.8. The van der Waals surface area contributed by atoms with Crippen molar-refractivity contribution in [3.63, 3.8) is 0 Å². The van der Waals surface area contributed by atoms with Gasteiger partial charge in [0.2, 0.25) is 5.91 Å². The van der Waals surface area contributed by atoms with Crippen molar-refractivity contribution in [3.05, 3.63) is 115 Å². The highest BCUT2D eigenvalue weighted by Crippen LogP contribution is 2.31. The number of carbonyl (C=O) groups is 1. The Morgan fingerprint density at radius 1 is 1.12 bits per heavy atom. The molecule has 1 fully saturated rings. The molecule has 0 saturated carbocycles. The number of nitrogens with zero attached hydrogens (tertiary/aromatic N) is 5. The lowest BCUT2D eigenvalue weighted by atomic mass is 9.94. The maximum Gasteiger partial charge on any atom is 0.223 e. The summed E-state index contributed by atoms with van der Waals surface area (Å²) in [5.74, 6) is 0.252. The van der Waals surface area contributed by atoms with Gasteiger partial charge in [0.1, 0.15) is 0 Å². The van der Waals surface area contributed by atoms with Gasteiger partial charge in [-0.25, -0.2) is 9.97 Å². The number of hydrogen-bond donors (Lipinski definition) is 1.